The summed E-state index contributed by atoms with van der Waals surface area (Å²) in [6, 6.07) is 3.76. The molecule has 0 aliphatic heterocycles. The topological polar surface area (TPSA) is 46.2 Å². The van der Waals surface area contributed by atoms with E-state index >= 15 is 0 Å². The van der Waals surface area contributed by atoms with Crippen LogP contribution in [0, 0.1) is 0 Å². The van der Waals surface area contributed by atoms with Crippen LogP contribution in [0.4, 0.5) is 0 Å². The molecule has 0 saturated heterocycles. The predicted octanol–water partition coefficient (Wildman–Crippen LogP) is 2.94. The normalized spacial score (nSPS) is 26.1. The highest BCUT2D eigenvalue weighted by Gasteiger charge is 2.29. The zero-order valence-corrected chi connectivity index (χ0v) is 10.5. The van der Waals surface area contributed by atoms with E-state index in [0.29, 0.717) is 5.75 Å². The van der Waals surface area contributed by atoms with Gasteiger partial charge in [-0.15, -0.1) is 0 Å². The Balaban J connectivity index is 2.13. The molecule has 0 radical (unpaired) electrons. The molecular formula is C16H19NO. The van der Waals surface area contributed by atoms with Gasteiger partial charge in [0.15, 0.2) is 0 Å². The molecule has 2 aliphatic rings. The Hall–Kier alpha value is -1.54. The maximum Gasteiger partial charge on any atom is 0.116 e. The second-order valence-corrected chi connectivity index (χ2v) is 5.37. The third-order valence-corrected chi connectivity index (χ3v) is 4.05. The van der Waals surface area contributed by atoms with Crippen LogP contribution >= 0.6 is 0 Å². The van der Waals surface area contributed by atoms with E-state index < -0.39 is 5.54 Å². The average molecular weight is 241 g/mol. The van der Waals surface area contributed by atoms with Crippen molar-refractivity contribution in [3.8, 4) is 5.75 Å². The molecule has 3 rings (SSSR count). The first-order valence-corrected chi connectivity index (χ1v) is 6.67. The molecule has 2 heteroatoms. The lowest BCUT2D eigenvalue weighted by atomic mass is 9.77. The second-order valence-electron chi connectivity index (χ2n) is 5.37. The minimum Gasteiger partial charge on any atom is -0.508 e. The Morgan fingerprint density at radius 3 is 2.72 bits per heavy atom. The summed E-state index contributed by atoms with van der Waals surface area (Å²) < 4.78 is 0. The molecule has 3 N–H and O–H groups in total. The van der Waals surface area contributed by atoms with Crippen molar-refractivity contribution in [2.45, 2.75) is 37.6 Å². The van der Waals surface area contributed by atoms with Crippen LogP contribution in [0.3, 0.4) is 0 Å². The number of phenolic OH excluding ortho intramolecular Hbond substituents is 1. The van der Waals surface area contributed by atoms with E-state index in [9.17, 15) is 5.11 Å². The van der Waals surface area contributed by atoms with E-state index in [1.54, 1.807) is 0 Å². The Morgan fingerprint density at radius 1 is 1.11 bits per heavy atom. The third kappa shape index (κ3) is 1.87. The highest BCUT2D eigenvalue weighted by Crippen LogP contribution is 2.37. The molecule has 0 fully saturated rings. The fourth-order valence-electron chi connectivity index (χ4n) is 3.10. The number of phenols is 1. The zero-order chi connectivity index (χ0) is 12.6. The van der Waals surface area contributed by atoms with Crippen LogP contribution in [0.1, 0.15) is 36.0 Å². The van der Waals surface area contributed by atoms with Gasteiger partial charge in [-0.05, 0) is 60.9 Å². The molecule has 0 bridgehead atoms. The second kappa shape index (κ2) is 4.29. The van der Waals surface area contributed by atoms with Crippen LogP contribution in [-0.4, -0.2) is 5.11 Å². The van der Waals surface area contributed by atoms with Crippen LogP contribution in [0.2, 0.25) is 0 Å². The number of fused-ring (bicyclic) bond motifs is 1. The molecule has 0 heterocycles. The first-order valence-electron chi connectivity index (χ1n) is 6.67. The number of rotatable bonds is 1. The first-order chi connectivity index (χ1) is 8.69. The number of hydrogen-bond donors (Lipinski definition) is 2. The van der Waals surface area contributed by atoms with Crippen LogP contribution in [0.15, 0.2) is 36.4 Å². The maximum absolute atomic E-state index is 9.92. The lowest BCUT2D eigenvalue weighted by molar-refractivity contribution is 0.466. The molecule has 18 heavy (non-hydrogen) atoms. The Kier molecular flexibility index (Phi) is 2.75. The molecule has 94 valence electrons. The highest BCUT2D eigenvalue weighted by atomic mass is 16.3. The lowest BCUT2D eigenvalue weighted by Crippen LogP contribution is -2.36. The van der Waals surface area contributed by atoms with Gasteiger partial charge in [0.1, 0.15) is 5.75 Å². The van der Waals surface area contributed by atoms with Crippen molar-refractivity contribution in [3.05, 3.63) is 53.1 Å². The van der Waals surface area contributed by atoms with Crippen molar-refractivity contribution in [2.75, 3.05) is 0 Å². The number of benzene rings is 1. The summed E-state index contributed by atoms with van der Waals surface area (Å²) in [4.78, 5) is 0. The monoisotopic (exact) mass is 241 g/mol. The van der Waals surface area contributed by atoms with Crippen LogP contribution in [0.5, 0.6) is 5.75 Å². The molecule has 1 atom stereocenters. The van der Waals surface area contributed by atoms with Gasteiger partial charge in [-0.1, -0.05) is 24.3 Å². The van der Waals surface area contributed by atoms with Crippen LogP contribution in [-0.2, 0) is 18.4 Å². The quantitative estimate of drug-likeness (QED) is 0.794. The molecule has 2 aliphatic carbocycles. The molecule has 0 aromatic heterocycles. The minimum atomic E-state index is -0.449. The fraction of sp³-hybridized carbons (Fsp3) is 0.375. The Labute approximate surface area is 108 Å². The Morgan fingerprint density at radius 2 is 1.94 bits per heavy atom. The molecule has 1 aromatic carbocycles. The smallest absolute Gasteiger partial charge is 0.116 e. The predicted molar refractivity (Wildman–Crippen MR) is 73.5 cm³/mol. The van der Waals surface area contributed by atoms with Gasteiger partial charge in [0, 0.05) is 0 Å². The highest BCUT2D eigenvalue weighted by molar-refractivity contribution is 5.49. The molecule has 0 amide bonds. The summed E-state index contributed by atoms with van der Waals surface area (Å²) in [5, 5.41) is 9.92. The summed E-state index contributed by atoms with van der Waals surface area (Å²) in [5.74, 6) is 0.346. The van der Waals surface area contributed by atoms with Crippen molar-refractivity contribution in [3.63, 3.8) is 0 Å². The van der Waals surface area contributed by atoms with Gasteiger partial charge in [0.05, 0.1) is 5.54 Å². The van der Waals surface area contributed by atoms with E-state index in [1.807, 2.05) is 24.3 Å². The molecule has 0 saturated carbocycles. The van der Waals surface area contributed by atoms with Crippen molar-refractivity contribution in [2.24, 2.45) is 5.73 Å². The molecule has 2 nitrogen and oxygen atoms in total. The van der Waals surface area contributed by atoms with Crippen LogP contribution in [0.25, 0.3) is 0 Å². The molecule has 1 aromatic rings. The lowest BCUT2D eigenvalue weighted by Gasteiger charge is -2.32. The van der Waals surface area contributed by atoms with E-state index in [1.165, 1.54) is 24.0 Å². The summed E-state index contributed by atoms with van der Waals surface area (Å²) in [5.41, 5.74) is 9.83. The van der Waals surface area contributed by atoms with E-state index in [-0.39, 0.29) is 0 Å². The molecule has 0 spiro atoms. The third-order valence-electron chi connectivity index (χ3n) is 4.05. The number of allylic oxidation sites excluding steroid dienone is 2. The molecule has 1 unspecified atom stereocenters. The summed E-state index contributed by atoms with van der Waals surface area (Å²) in [7, 11) is 0. The average Bonchev–Trinajstić information content (AvgIpc) is 2.38. The minimum absolute atomic E-state index is 0.346. The van der Waals surface area contributed by atoms with Gasteiger partial charge in [-0.3, -0.25) is 0 Å². The SMILES string of the molecule is NC1(c2cc(O)cc3c2CCCC3)C=CC=CC1. The van der Waals surface area contributed by atoms with Gasteiger partial charge in [0.2, 0.25) is 0 Å². The largest absolute Gasteiger partial charge is 0.508 e. The number of hydrogen-bond acceptors (Lipinski definition) is 2. The van der Waals surface area contributed by atoms with Crippen molar-refractivity contribution >= 4 is 0 Å². The van der Waals surface area contributed by atoms with E-state index in [0.717, 1.165) is 24.8 Å². The standard InChI is InChI=1S/C16H19NO/c17-16(8-4-1-5-9-16)15-11-13(18)10-12-6-2-3-7-14(12)15/h1,4-5,8,10-11,18H,2-3,6-7,9,17H2. The van der Waals surface area contributed by atoms with Gasteiger partial charge in [-0.25, -0.2) is 0 Å². The molecular weight excluding hydrogens is 222 g/mol. The van der Waals surface area contributed by atoms with Gasteiger partial charge >= 0.3 is 0 Å². The summed E-state index contributed by atoms with van der Waals surface area (Å²) >= 11 is 0. The number of nitrogens with two attached hydrogens (primary N) is 1. The number of aromatic hydroxyl groups is 1. The van der Waals surface area contributed by atoms with Gasteiger partial charge in [0.25, 0.3) is 0 Å². The van der Waals surface area contributed by atoms with Crippen LogP contribution < -0.4 is 5.73 Å². The fourth-order valence-corrected chi connectivity index (χ4v) is 3.10. The van der Waals surface area contributed by atoms with Crippen molar-refractivity contribution in [1.29, 1.82) is 0 Å². The maximum atomic E-state index is 9.92. The summed E-state index contributed by atoms with van der Waals surface area (Å²) in [6.45, 7) is 0. The van der Waals surface area contributed by atoms with E-state index in [2.05, 4.69) is 12.2 Å². The van der Waals surface area contributed by atoms with E-state index in [4.69, 9.17) is 5.73 Å². The summed E-state index contributed by atoms with van der Waals surface area (Å²) in [6.07, 6.45) is 13.6. The zero-order valence-electron chi connectivity index (χ0n) is 10.5. The first kappa shape index (κ1) is 11.5. The van der Waals surface area contributed by atoms with Gasteiger partial charge < -0.3 is 10.8 Å². The van der Waals surface area contributed by atoms with Crippen molar-refractivity contribution < 1.29 is 5.11 Å². The van der Waals surface area contributed by atoms with Gasteiger partial charge in [-0.2, -0.15) is 0 Å². The Bertz CT molecular complexity index is 530. The van der Waals surface area contributed by atoms with Crippen molar-refractivity contribution in [1.82, 2.24) is 0 Å². The number of aryl methyl sites for hydroxylation is 1.